The van der Waals surface area contributed by atoms with Gasteiger partial charge in [-0.05, 0) is 103 Å². The van der Waals surface area contributed by atoms with Crippen molar-refractivity contribution in [3.63, 3.8) is 0 Å². The predicted molar refractivity (Wildman–Crippen MR) is 623 cm³/mol. The molecule has 0 N–H and O–H groups in total. The number of fused-ring (bicyclic) bond motifs is 3. The smallest absolute Gasteiger partial charge is 0.0469 e. The Morgan fingerprint density at radius 1 is 0.106 bits per heavy atom. The van der Waals surface area contributed by atoms with E-state index in [1.165, 1.54) is 83.5 Å². The predicted octanol–water partition coefficient (Wildman–Crippen LogP) is 44.8. The summed E-state index contributed by atoms with van der Waals surface area (Å²) in [5.41, 5.74) is 20.4. The highest BCUT2D eigenvalue weighted by Gasteiger charge is 2.56. The second-order valence-electron chi connectivity index (χ2n) is 24.2. The third-order valence-corrected chi connectivity index (χ3v) is 19.6. The lowest BCUT2D eigenvalue weighted by Gasteiger charge is -2.37. The fourth-order valence-corrected chi connectivity index (χ4v) is 15.8. The summed E-state index contributed by atoms with van der Waals surface area (Å²) < 4.78 is 0. The first-order valence-electron chi connectivity index (χ1n) is 54.0. The zero-order valence-electron chi connectivity index (χ0n) is 96.5. The molecule has 0 saturated heterocycles. The van der Waals surface area contributed by atoms with Crippen molar-refractivity contribution in [3.05, 3.63) is 429 Å². The summed E-state index contributed by atoms with van der Waals surface area (Å²) in [7, 11) is 0. The largest absolute Gasteiger partial charge is 0.0683 e. The Bertz CT molecular complexity index is 3810. The number of hydrogen-bond donors (Lipinski definition) is 0. The molecule has 12 aromatic carbocycles. The fourth-order valence-electron chi connectivity index (χ4n) is 15.8. The average Bonchev–Trinajstić information content (AvgIpc) is 1.51. The first kappa shape index (κ1) is 148. The van der Waals surface area contributed by atoms with Crippen molar-refractivity contribution in [1.29, 1.82) is 0 Å². The molecule has 15 rings (SSSR count). The lowest BCUT2D eigenvalue weighted by atomic mass is 9.64. The normalized spacial score (nSPS) is 13.8. The summed E-state index contributed by atoms with van der Waals surface area (Å²) in [5.74, 6) is 0. The molecule has 3 aliphatic rings. The van der Waals surface area contributed by atoms with Crippen molar-refractivity contribution in [2.75, 3.05) is 0 Å². The van der Waals surface area contributed by atoms with E-state index < -0.39 is 0 Å². The van der Waals surface area contributed by atoms with Crippen molar-refractivity contribution in [2.24, 2.45) is 0 Å². The molecule has 132 heavy (non-hydrogen) atoms. The first-order chi connectivity index (χ1) is 65.2. The quantitative estimate of drug-likeness (QED) is 0.135. The van der Waals surface area contributed by atoms with Gasteiger partial charge in [-0.15, -0.1) is 0 Å². The maximum atomic E-state index is 2.41. The lowest BCUT2D eigenvalue weighted by molar-refractivity contribution is 0.450. The van der Waals surface area contributed by atoms with E-state index in [-0.39, 0.29) is 32.5 Å². The molecule has 0 fully saturated rings. The summed E-state index contributed by atoms with van der Waals surface area (Å²) in [4.78, 5) is 0. The van der Waals surface area contributed by atoms with Crippen LogP contribution in [0.15, 0.2) is 346 Å². The molecule has 0 radical (unpaired) electrons. The molecule has 0 aromatic heterocycles. The minimum Gasteiger partial charge on any atom is -0.0683 e. The van der Waals surface area contributed by atoms with Crippen molar-refractivity contribution in [3.8, 4) is 0 Å². The molecular formula is C132H216. The molecule has 0 amide bonds. The average molecular weight is 1800 g/mol. The summed E-state index contributed by atoms with van der Waals surface area (Å²) in [6, 6.07) is 126. The van der Waals surface area contributed by atoms with Crippen LogP contribution >= 0.6 is 0 Å². The van der Waals surface area contributed by atoms with Gasteiger partial charge in [0.15, 0.2) is 0 Å². The van der Waals surface area contributed by atoms with E-state index in [1.807, 2.05) is 332 Å². The Labute approximate surface area is 828 Å². The second kappa shape index (κ2) is 102. The molecule has 0 heterocycles. The van der Waals surface area contributed by atoms with Crippen molar-refractivity contribution < 1.29 is 0 Å². The van der Waals surface area contributed by atoms with Crippen LogP contribution in [0.25, 0.3) is 0 Å². The minimum absolute atomic E-state index is 0.0382. The third kappa shape index (κ3) is 41.6. The van der Waals surface area contributed by atoms with Gasteiger partial charge in [0.1, 0.15) is 0 Å². The maximum absolute atomic E-state index is 2.41. The highest BCUT2D eigenvalue weighted by molar-refractivity contribution is 5.68. The van der Waals surface area contributed by atoms with Crippen molar-refractivity contribution in [2.45, 2.75) is 405 Å². The minimum atomic E-state index is -0.245. The molecule has 0 nitrogen and oxygen atoms in total. The van der Waals surface area contributed by atoms with Gasteiger partial charge in [-0.1, -0.05) is 699 Å². The number of hydrogen-bond acceptors (Lipinski definition) is 0. The Morgan fingerprint density at radius 2 is 0.205 bits per heavy atom. The van der Waals surface area contributed by atoms with Crippen LogP contribution in [0.3, 0.4) is 0 Å². The van der Waals surface area contributed by atoms with E-state index >= 15 is 0 Å². The molecule has 0 saturated carbocycles. The van der Waals surface area contributed by atoms with Crippen LogP contribution in [0, 0.1) is 0 Å². The van der Waals surface area contributed by atoms with E-state index in [4.69, 9.17) is 0 Å². The summed E-state index contributed by atoms with van der Waals surface area (Å²) in [5, 5.41) is 0. The molecule has 0 aliphatic heterocycles. The molecule has 744 valence electrons. The Hall–Kier alpha value is -9.36. The summed E-state index contributed by atoms with van der Waals surface area (Å²) in [6.45, 7) is 103. The summed E-state index contributed by atoms with van der Waals surface area (Å²) in [6.07, 6.45) is 3.08. The first-order valence-corrected chi connectivity index (χ1v) is 54.0. The van der Waals surface area contributed by atoms with Gasteiger partial charge in [0, 0.05) is 32.5 Å². The van der Waals surface area contributed by atoms with Crippen LogP contribution in [-0.2, 0) is 32.5 Å². The van der Waals surface area contributed by atoms with E-state index in [2.05, 4.69) is 367 Å². The Kier molecular flexibility index (Phi) is 115. The maximum Gasteiger partial charge on any atom is 0.0469 e. The van der Waals surface area contributed by atoms with Crippen LogP contribution in [0.4, 0.5) is 0 Å². The monoisotopic (exact) mass is 1800 g/mol. The molecule has 3 atom stereocenters. The molecule has 3 aliphatic carbocycles. The molecule has 3 unspecified atom stereocenters. The van der Waals surface area contributed by atoms with Gasteiger partial charge in [0.05, 0.1) is 0 Å². The van der Waals surface area contributed by atoms with E-state index in [9.17, 15) is 0 Å². The number of rotatable bonds is 9. The van der Waals surface area contributed by atoms with Gasteiger partial charge in [-0.2, -0.15) is 0 Å². The molecule has 0 bridgehead atoms. The van der Waals surface area contributed by atoms with Gasteiger partial charge < -0.3 is 0 Å². The Balaban J connectivity index is -0.000000134. The standard InChI is InChI=1S/C33H26.C28H24.C23H22.24C2H6/c1-5-15-26(16-6-1)32(27-17-7-2-8-18-27)25-33(28-19-9-3-10-20-28,29-21-11-4-12-22-29)31-24-14-13-23-30(31)32;1-27(22-13-5-2-6-14-22)21-28(23-15-7-3-8-16-23,24-17-9-4-10-18-24)26-20-12-11-19-25(26)27;1-22(18-11-5-3-6-12-18)17-23(2,19-13-7-4-8-14-19)21-16-10-9-15-20(21)22;24*1-2/h1-24H,25H2;2-20H,21H2,1H3;3-16H,17H2,1-2H3;24*1-2H3. The Morgan fingerprint density at radius 3 is 0.356 bits per heavy atom. The molecule has 0 spiro atoms. The van der Waals surface area contributed by atoms with E-state index in [1.54, 1.807) is 0 Å². The second-order valence-corrected chi connectivity index (χ2v) is 24.2. The van der Waals surface area contributed by atoms with Gasteiger partial charge in [-0.3, -0.25) is 0 Å². The zero-order valence-corrected chi connectivity index (χ0v) is 96.5. The van der Waals surface area contributed by atoms with Crippen LogP contribution in [0.5, 0.6) is 0 Å². The topological polar surface area (TPSA) is 0 Å². The zero-order chi connectivity index (χ0) is 105. The van der Waals surface area contributed by atoms with Crippen molar-refractivity contribution in [1.82, 2.24) is 0 Å². The van der Waals surface area contributed by atoms with Crippen LogP contribution < -0.4 is 0 Å². The third-order valence-electron chi connectivity index (χ3n) is 19.6. The van der Waals surface area contributed by atoms with Crippen LogP contribution in [0.2, 0.25) is 0 Å². The van der Waals surface area contributed by atoms with Gasteiger partial charge in [0.2, 0.25) is 0 Å². The molecule has 0 heteroatoms. The van der Waals surface area contributed by atoms with Crippen LogP contribution in [0.1, 0.15) is 456 Å². The molecular weight excluding hydrogens is 1590 g/mol. The van der Waals surface area contributed by atoms with Gasteiger partial charge >= 0.3 is 0 Å². The van der Waals surface area contributed by atoms with Gasteiger partial charge in [-0.25, -0.2) is 0 Å². The lowest BCUT2D eigenvalue weighted by Crippen LogP contribution is -2.33. The number of benzene rings is 12. The van der Waals surface area contributed by atoms with Crippen LogP contribution in [-0.4, -0.2) is 0 Å². The van der Waals surface area contributed by atoms with E-state index in [0.717, 1.165) is 19.3 Å². The SMILES string of the molecule is CC.CC.CC.CC.CC.CC.CC.CC.CC.CC.CC.CC.CC.CC.CC.CC.CC.CC.CC.CC.CC.CC.CC.CC.CC1(c2ccccc2)CC(C)(c2ccccc2)c2ccccc21.CC1(c2ccccc2)CC(c2ccccc2)(c2ccccc2)c2ccccc21.c1ccc(C2(c3ccccc3)CC(c3ccccc3)(c3ccccc3)c3ccccc32)cc1. The van der Waals surface area contributed by atoms with E-state index in [0.29, 0.717) is 0 Å². The van der Waals surface area contributed by atoms with Crippen molar-refractivity contribution >= 4 is 0 Å². The highest BCUT2D eigenvalue weighted by Crippen LogP contribution is 2.62. The highest BCUT2D eigenvalue weighted by atomic mass is 14.6. The molecule has 12 aromatic rings. The van der Waals surface area contributed by atoms with Gasteiger partial charge in [0.25, 0.3) is 0 Å². The fraction of sp³-hybridized carbons (Fsp3) is 0.455. The summed E-state index contributed by atoms with van der Waals surface area (Å²) >= 11 is 0.